The summed E-state index contributed by atoms with van der Waals surface area (Å²) in [6, 6.07) is 0.414. The van der Waals surface area contributed by atoms with Gasteiger partial charge < -0.3 is 10.6 Å². The Morgan fingerprint density at radius 1 is 1.22 bits per heavy atom. The van der Waals surface area contributed by atoms with Crippen LogP contribution in [0, 0.1) is 5.92 Å². The van der Waals surface area contributed by atoms with Gasteiger partial charge in [-0.3, -0.25) is 0 Å². The van der Waals surface area contributed by atoms with E-state index in [9.17, 15) is 0 Å². The summed E-state index contributed by atoms with van der Waals surface area (Å²) >= 11 is 0. The van der Waals surface area contributed by atoms with Crippen LogP contribution in [0.1, 0.15) is 46.6 Å². The van der Waals surface area contributed by atoms with Crippen LogP contribution < -0.4 is 10.6 Å². The van der Waals surface area contributed by atoms with Crippen molar-refractivity contribution >= 4 is 11.6 Å². The molecule has 1 aromatic rings. The van der Waals surface area contributed by atoms with Crippen molar-refractivity contribution in [3.8, 4) is 0 Å². The van der Waals surface area contributed by atoms with Gasteiger partial charge in [-0.25, -0.2) is 9.97 Å². The summed E-state index contributed by atoms with van der Waals surface area (Å²) in [6.45, 7) is 12.0. The van der Waals surface area contributed by atoms with E-state index in [0.29, 0.717) is 17.8 Å². The molecule has 2 N–H and O–H groups in total. The third-order valence-electron chi connectivity index (χ3n) is 2.91. The quantitative estimate of drug-likeness (QED) is 0.843. The first-order chi connectivity index (χ1) is 8.47. The van der Waals surface area contributed by atoms with Gasteiger partial charge in [0.1, 0.15) is 18.0 Å². The fraction of sp³-hybridized carbons (Fsp3) is 0.714. The van der Waals surface area contributed by atoms with Crippen molar-refractivity contribution in [3.63, 3.8) is 0 Å². The SMILES string of the molecule is CCCc1c(N)ncnc1N(CC(C)C)C(C)C. The first-order valence-corrected chi connectivity index (χ1v) is 6.83. The number of nitrogens with zero attached hydrogens (tertiary/aromatic N) is 3. The van der Waals surface area contributed by atoms with Crippen molar-refractivity contribution < 1.29 is 0 Å². The lowest BCUT2D eigenvalue weighted by Gasteiger charge is -2.31. The van der Waals surface area contributed by atoms with Crippen LogP contribution in [0.15, 0.2) is 6.33 Å². The number of aromatic nitrogens is 2. The zero-order valence-corrected chi connectivity index (χ0v) is 12.3. The third kappa shape index (κ3) is 3.59. The number of rotatable bonds is 6. The highest BCUT2D eigenvalue weighted by Gasteiger charge is 2.18. The first kappa shape index (κ1) is 14.7. The van der Waals surface area contributed by atoms with Crippen molar-refractivity contribution in [2.45, 2.75) is 53.5 Å². The molecule has 0 saturated carbocycles. The summed E-state index contributed by atoms with van der Waals surface area (Å²) in [5, 5.41) is 0. The minimum Gasteiger partial charge on any atom is -0.383 e. The van der Waals surface area contributed by atoms with Crippen LogP contribution in [0.5, 0.6) is 0 Å². The van der Waals surface area contributed by atoms with E-state index in [-0.39, 0.29) is 0 Å². The van der Waals surface area contributed by atoms with Crippen LogP contribution in [-0.4, -0.2) is 22.6 Å². The maximum absolute atomic E-state index is 6.00. The molecule has 0 aliphatic carbocycles. The molecule has 102 valence electrons. The lowest BCUT2D eigenvalue weighted by molar-refractivity contribution is 0.563. The van der Waals surface area contributed by atoms with E-state index < -0.39 is 0 Å². The Labute approximate surface area is 111 Å². The summed E-state index contributed by atoms with van der Waals surface area (Å²) in [7, 11) is 0. The second-order valence-electron chi connectivity index (χ2n) is 5.45. The van der Waals surface area contributed by atoms with E-state index in [1.807, 2.05) is 0 Å². The van der Waals surface area contributed by atoms with Crippen molar-refractivity contribution in [2.75, 3.05) is 17.2 Å². The van der Waals surface area contributed by atoms with Crippen LogP contribution in [-0.2, 0) is 6.42 Å². The topological polar surface area (TPSA) is 55.0 Å². The Bertz CT molecular complexity index is 374. The van der Waals surface area contributed by atoms with Crippen LogP contribution in [0.4, 0.5) is 11.6 Å². The molecule has 1 heterocycles. The normalized spacial score (nSPS) is 11.3. The van der Waals surface area contributed by atoms with E-state index in [2.05, 4.69) is 49.5 Å². The molecule has 0 aliphatic heterocycles. The average molecular weight is 250 g/mol. The van der Waals surface area contributed by atoms with Gasteiger partial charge >= 0.3 is 0 Å². The van der Waals surface area contributed by atoms with Gasteiger partial charge in [0.05, 0.1) is 0 Å². The number of hydrogen-bond donors (Lipinski definition) is 1. The monoisotopic (exact) mass is 250 g/mol. The molecule has 0 amide bonds. The predicted molar refractivity (Wildman–Crippen MR) is 77.8 cm³/mol. The highest BCUT2D eigenvalue weighted by atomic mass is 15.2. The van der Waals surface area contributed by atoms with Crippen molar-refractivity contribution in [3.05, 3.63) is 11.9 Å². The first-order valence-electron chi connectivity index (χ1n) is 6.83. The van der Waals surface area contributed by atoms with Gasteiger partial charge in [-0.2, -0.15) is 0 Å². The van der Waals surface area contributed by atoms with Crippen LogP contribution >= 0.6 is 0 Å². The van der Waals surface area contributed by atoms with Gasteiger partial charge in [0, 0.05) is 18.2 Å². The van der Waals surface area contributed by atoms with Gasteiger partial charge in [0.15, 0.2) is 0 Å². The Kier molecular flexibility index (Phi) is 5.38. The van der Waals surface area contributed by atoms with Gasteiger partial charge in [0.25, 0.3) is 0 Å². The summed E-state index contributed by atoms with van der Waals surface area (Å²) in [5.41, 5.74) is 7.09. The predicted octanol–water partition coefficient (Wildman–Crippen LogP) is 2.88. The van der Waals surface area contributed by atoms with Crippen molar-refractivity contribution in [1.29, 1.82) is 0 Å². The Hall–Kier alpha value is -1.32. The molecule has 1 aromatic heterocycles. The largest absolute Gasteiger partial charge is 0.383 e. The fourth-order valence-electron chi connectivity index (χ4n) is 2.09. The summed E-state index contributed by atoms with van der Waals surface area (Å²) in [5.74, 6) is 2.22. The second-order valence-corrected chi connectivity index (χ2v) is 5.45. The van der Waals surface area contributed by atoms with E-state index in [0.717, 1.165) is 30.8 Å². The van der Waals surface area contributed by atoms with E-state index in [4.69, 9.17) is 5.73 Å². The van der Waals surface area contributed by atoms with Crippen LogP contribution in [0.2, 0.25) is 0 Å². The highest BCUT2D eigenvalue weighted by Crippen LogP contribution is 2.25. The maximum atomic E-state index is 6.00. The lowest BCUT2D eigenvalue weighted by atomic mass is 10.1. The molecule has 0 spiro atoms. The minimum absolute atomic E-state index is 0.414. The van der Waals surface area contributed by atoms with Crippen LogP contribution in [0.3, 0.4) is 0 Å². The molecule has 0 fully saturated rings. The average Bonchev–Trinajstić information content (AvgIpc) is 2.28. The third-order valence-corrected chi connectivity index (χ3v) is 2.91. The highest BCUT2D eigenvalue weighted by molar-refractivity contribution is 5.57. The molecule has 0 radical (unpaired) electrons. The molecule has 0 atom stereocenters. The summed E-state index contributed by atoms with van der Waals surface area (Å²) in [4.78, 5) is 10.9. The van der Waals surface area contributed by atoms with E-state index in [1.54, 1.807) is 6.33 Å². The number of nitrogen functional groups attached to an aromatic ring is 1. The Morgan fingerprint density at radius 3 is 2.39 bits per heavy atom. The molecule has 0 saturated heterocycles. The molecule has 1 rings (SSSR count). The lowest BCUT2D eigenvalue weighted by Crippen LogP contribution is -2.35. The number of hydrogen-bond acceptors (Lipinski definition) is 4. The molecule has 4 heteroatoms. The van der Waals surface area contributed by atoms with Crippen LogP contribution in [0.25, 0.3) is 0 Å². The van der Waals surface area contributed by atoms with Gasteiger partial charge in [-0.05, 0) is 26.2 Å². The van der Waals surface area contributed by atoms with Crippen molar-refractivity contribution in [2.24, 2.45) is 5.92 Å². The van der Waals surface area contributed by atoms with Gasteiger partial charge in [-0.15, -0.1) is 0 Å². The van der Waals surface area contributed by atoms with Crippen molar-refractivity contribution in [1.82, 2.24) is 9.97 Å². The van der Waals surface area contributed by atoms with Gasteiger partial charge in [0.2, 0.25) is 0 Å². The molecule has 0 bridgehead atoms. The smallest absolute Gasteiger partial charge is 0.137 e. The van der Waals surface area contributed by atoms with Gasteiger partial charge in [-0.1, -0.05) is 27.2 Å². The number of nitrogens with two attached hydrogens (primary N) is 1. The molecular weight excluding hydrogens is 224 g/mol. The molecule has 0 unspecified atom stereocenters. The summed E-state index contributed by atoms with van der Waals surface area (Å²) < 4.78 is 0. The van der Waals surface area contributed by atoms with E-state index >= 15 is 0 Å². The van der Waals surface area contributed by atoms with E-state index in [1.165, 1.54) is 0 Å². The fourth-order valence-corrected chi connectivity index (χ4v) is 2.09. The zero-order chi connectivity index (χ0) is 13.7. The molecular formula is C14H26N4. The zero-order valence-electron chi connectivity index (χ0n) is 12.3. The molecule has 4 nitrogen and oxygen atoms in total. The Balaban J connectivity index is 3.14. The standard InChI is InChI=1S/C14H26N4/c1-6-7-12-13(15)16-9-17-14(12)18(11(4)5)8-10(2)3/h9-11H,6-8H2,1-5H3,(H2,15,16,17). The number of anilines is 2. The molecule has 0 aliphatic rings. The molecule has 0 aromatic carbocycles. The Morgan fingerprint density at radius 2 is 1.89 bits per heavy atom. The second kappa shape index (κ2) is 6.57. The minimum atomic E-state index is 0.414. The maximum Gasteiger partial charge on any atom is 0.137 e. The molecule has 18 heavy (non-hydrogen) atoms. The summed E-state index contributed by atoms with van der Waals surface area (Å²) in [6.07, 6.45) is 3.56.